The molecule has 0 saturated carbocycles. The molecule has 5 aromatic rings. The number of hydrogen-bond acceptors (Lipinski definition) is 3. The Morgan fingerprint density at radius 2 is 1.88 bits per heavy atom. The maximum absolute atomic E-state index is 14.8. The smallest absolute Gasteiger partial charge is 0.173 e. The predicted molar refractivity (Wildman–Crippen MR) is 95.0 cm³/mol. The van der Waals surface area contributed by atoms with Crippen LogP contribution >= 0.6 is 0 Å². The van der Waals surface area contributed by atoms with Gasteiger partial charge in [-0.2, -0.15) is 5.10 Å². The molecule has 128 valence electrons. The molecule has 5 nitrogen and oxygen atoms in total. The fourth-order valence-electron chi connectivity index (χ4n) is 3.45. The van der Waals surface area contributed by atoms with E-state index in [2.05, 4.69) is 20.2 Å². The van der Waals surface area contributed by atoms with Gasteiger partial charge < -0.3 is 10.1 Å². The summed E-state index contributed by atoms with van der Waals surface area (Å²) in [5.74, 6) is -2.37. The second kappa shape index (κ2) is 5.01. The number of aromatic amines is 2. The molecule has 0 amide bonds. The highest BCUT2D eigenvalue weighted by Gasteiger charge is 2.22. The van der Waals surface area contributed by atoms with Crippen molar-refractivity contribution in [2.45, 2.75) is 6.92 Å². The van der Waals surface area contributed by atoms with Crippen LogP contribution in [0.2, 0.25) is 0 Å². The van der Waals surface area contributed by atoms with Crippen LogP contribution in [0.15, 0.2) is 36.5 Å². The summed E-state index contributed by atoms with van der Waals surface area (Å²) >= 11 is 0. The molecule has 0 bridgehead atoms. The highest BCUT2D eigenvalue weighted by Crippen LogP contribution is 2.39. The Morgan fingerprint density at radius 1 is 1.04 bits per heavy atom. The first-order valence-electron chi connectivity index (χ1n) is 7.97. The number of hydrogen-bond donors (Lipinski definition) is 3. The molecule has 2 aromatic carbocycles. The largest absolute Gasteiger partial charge is 0.505 e. The van der Waals surface area contributed by atoms with Gasteiger partial charge in [-0.3, -0.25) is 5.10 Å². The summed E-state index contributed by atoms with van der Waals surface area (Å²) in [6.45, 7) is 1.67. The SMILES string of the molecule is Cc1n[nH]c2nc(-c3ccc4cc[nH]c4c3)c3c(F)cc(O)c(F)c3c12. The number of nitrogens with one attached hydrogen (secondary N) is 2. The van der Waals surface area contributed by atoms with Gasteiger partial charge in [0.25, 0.3) is 0 Å². The van der Waals surface area contributed by atoms with E-state index in [1.54, 1.807) is 19.2 Å². The van der Waals surface area contributed by atoms with Gasteiger partial charge in [-0.1, -0.05) is 12.1 Å². The zero-order valence-corrected chi connectivity index (χ0v) is 13.6. The molecule has 0 spiro atoms. The van der Waals surface area contributed by atoms with E-state index in [4.69, 9.17) is 0 Å². The highest BCUT2D eigenvalue weighted by atomic mass is 19.1. The Labute approximate surface area is 145 Å². The molecule has 7 heteroatoms. The van der Waals surface area contributed by atoms with Crippen molar-refractivity contribution in [2.75, 3.05) is 0 Å². The third-order valence-electron chi connectivity index (χ3n) is 4.66. The lowest BCUT2D eigenvalue weighted by Crippen LogP contribution is -1.95. The highest BCUT2D eigenvalue weighted by molar-refractivity contribution is 6.12. The van der Waals surface area contributed by atoms with Crippen molar-refractivity contribution >= 4 is 32.7 Å². The van der Waals surface area contributed by atoms with E-state index in [-0.39, 0.29) is 16.5 Å². The van der Waals surface area contributed by atoms with Crippen molar-refractivity contribution < 1.29 is 13.9 Å². The Kier molecular flexibility index (Phi) is 2.86. The molecule has 0 aliphatic rings. The number of phenols is 1. The van der Waals surface area contributed by atoms with Crippen LogP contribution in [-0.2, 0) is 0 Å². The number of fused-ring (bicyclic) bond motifs is 4. The summed E-state index contributed by atoms with van der Waals surface area (Å²) < 4.78 is 29.6. The van der Waals surface area contributed by atoms with E-state index >= 15 is 0 Å². The average Bonchev–Trinajstić information content (AvgIpc) is 3.24. The van der Waals surface area contributed by atoms with E-state index in [0.29, 0.717) is 22.3 Å². The van der Waals surface area contributed by atoms with Gasteiger partial charge in [0.15, 0.2) is 17.2 Å². The summed E-state index contributed by atoms with van der Waals surface area (Å²) in [4.78, 5) is 7.60. The van der Waals surface area contributed by atoms with Crippen LogP contribution in [0.3, 0.4) is 0 Å². The molecule has 26 heavy (non-hydrogen) atoms. The van der Waals surface area contributed by atoms with Crippen molar-refractivity contribution in [2.24, 2.45) is 0 Å². The minimum absolute atomic E-state index is 0.0169. The number of rotatable bonds is 1. The number of H-pyrrole nitrogens is 2. The Bertz CT molecular complexity index is 1340. The maximum Gasteiger partial charge on any atom is 0.173 e. The molecule has 0 unspecified atom stereocenters. The van der Waals surface area contributed by atoms with Gasteiger partial charge in [0.1, 0.15) is 5.82 Å². The van der Waals surface area contributed by atoms with Crippen LogP contribution in [0.1, 0.15) is 5.69 Å². The van der Waals surface area contributed by atoms with Gasteiger partial charge in [0, 0.05) is 34.1 Å². The molecular formula is C19H12F2N4O. The molecule has 0 fully saturated rings. The van der Waals surface area contributed by atoms with Gasteiger partial charge in [0.05, 0.1) is 16.8 Å². The first kappa shape index (κ1) is 14.8. The first-order chi connectivity index (χ1) is 12.5. The molecule has 0 aliphatic carbocycles. The number of aromatic nitrogens is 4. The molecule has 0 saturated heterocycles. The second-order valence-electron chi connectivity index (χ2n) is 6.21. The lowest BCUT2D eigenvalue weighted by molar-refractivity contribution is 0.431. The monoisotopic (exact) mass is 350 g/mol. The number of aromatic hydroxyl groups is 1. The molecular weight excluding hydrogens is 338 g/mol. The van der Waals surface area contributed by atoms with Crippen LogP contribution in [0.25, 0.3) is 44.0 Å². The molecule has 0 radical (unpaired) electrons. The summed E-state index contributed by atoms with van der Waals surface area (Å²) in [6.07, 6.45) is 1.81. The van der Waals surface area contributed by atoms with Gasteiger partial charge in [-0.15, -0.1) is 0 Å². The van der Waals surface area contributed by atoms with E-state index in [9.17, 15) is 13.9 Å². The van der Waals surface area contributed by atoms with E-state index < -0.39 is 17.4 Å². The summed E-state index contributed by atoms with van der Waals surface area (Å²) in [5, 5.41) is 17.9. The Balaban J connectivity index is 2.00. The lowest BCUT2D eigenvalue weighted by Gasteiger charge is -2.11. The number of aryl methyl sites for hydroxylation is 1. The van der Waals surface area contributed by atoms with Crippen molar-refractivity contribution in [3.63, 3.8) is 0 Å². The minimum atomic E-state index is -0.888. The van der Waals surface area contributed by atoms with Gasteiger partial charge in [0.2, 0.25) is 0 Å². The fourth-order valence-corrected chi connectivity index (χ4v) is 3.45. The van der Waals surface area contributed by atoms with Crippen LogP contribution in [0, 0.1) is 18.6 Å². The van der Waals surface area contributed by atoms with E-state index in [0.717, 1.165) is 17.0 Å². The third kappa shape index (κ3) is 1.88. The second-order valence-corrected chi connectivity index (χ2v) is 6.21. The summed E-state index contributed by atoms with van der Waals surface area (Å²) in [7, 11) is 0. The molecule has 3 aromatic heterocycles. The number of halogens is 2. The van der Waals surface area contributed by atoms with Crippen molar-refractivity contribution in [1.82, 2.24) is 20.2 Å². The number of benzene rings is 2. The average molecular weight is 350 g/mol. The van der Waals surface area contributed by atoms with E-state index in [1.807, 2.05) is 18.2 Å². The molecule has 3 N–H and O–H groups in total. The van der Waals surface area contributed by atoms with Gasteiger partial charge >= 0.3 is 0 Å². The Hall–Kier alpha value is -3.48. The quantitative estimate of drug-likeness (QED) is 0.415. The number of phenolic OH excluding ortho intramolecular Hbond substituents is 1. The summed E-state index contributed by atoms with van der Waals surface area (Å²) in [6, 6.07) is 8.21. The lowest BCUT2D eigenvalue weighted by atomic mass is 9.99. The third-order valence-corrected chi connectivity index (χ3v) is 4.66. The number of pyridine rings is 1. The normalized spacial score (nSPS) is 11.8. The van der Waals surface area contributed by atoms with Crippen LogP contribution < -0.4 is 0 Å². The summed E-state index contributed by atoms with van der Waals surface area (Å²) in [5.41, 5.74) is 2.58. The first-order valence-corrected chi connectivity index (χ1v) is 7.97. The predicted octanol–water partition coefficient (Wildman–Crippen LogP) is 4.55. The van der Waals surface area contributed by atoms with Gasteiger partial charge in [-0.05, 0) is 24.4 Å². The minimum Gasteiger partial charge on any atom is -0.505 e. The Morgan fingerprint density at radius 3 is 2.73 bits per heavy atom. The molecule has 5 rings (SSSR count). The molecule has 0 atom stereocenters. The van der Waals surface area contributed by atoms with Crippen LogP contribution in [0.5, 0.6) is 5.75 Å². The van der Waals surface area contributed by atoms with Crippen LogP contribution in [-0.4, -0.2) is 25.3 Å². The molecule has 3 heterocycles. The zero-order chi connectivity index (χ0) is 18.0. The fraction of sp³-hybridized carbons (Fsp3) is 0.0526. The maximum atomic E-state index is 14.8. The van der Waals surface area contributed by atoms with Crippen molar-refractivity contribution in [3.05, 3.63) is 53.9 Å². The molecule has 0 aliphatic heterocycles. The zero-order valence-electron chi connectivity index (χ0n) is 13.6. The number of nitrogens with zero attached hydrogens (tertiary/aromatic N) is 2. The van der Waals surface area contributed by atoms with Gasteiger partial charge in [-0.25, -0.2) is 13.8 Å². The van der Waals surface area contributed by atoms with E-state index in [1.165, 1.54) is 0 Å². The van der Waals surface area contributed by atoms with Crippen molar-refractivity contribution in [1.29, 1.82) is 0 Å². The standard InChI is InChI=1S/C19H12F2N4O/c1-8-14-16-15(11(20)7-13(26)17(16)21)18(23-19(14)25-24-8)10-3-2-9-4-5-22-12(9)6-10/h2-7,22,26H,1H3,(H,23,24,25). The van der Waals surface area contributed by atoms with Crippen LogP contribution in [0.4, 0.5) is 8.78 Å². The van der Waals surface area contributed by atoms with Crippen molar-refractivity contribution in [3.8, 4) is 17.0 Å². The topological polar surface area (TPSA) is 77.6 Å².